The molecule has 0 bridgehead atoms. The highest BCUT2D eigenvalue weighted by Crippen LogP contribution is 2.15. The normalized spacial score (nSPS) is 17.9. The van der Waals surface area contributed by atoms with Gasteiger partial charge in [0.25, 0.3) is 0 Å². The van der Waals surface area contributed by atoms with Crippen LogP contribution in [0.25, 0.3) is 0 Å². The molecule has 1 fully saturated rings. The van der Waals surface area contributed by atoms with Crippen molar-refractivity contribution < 1.29 is 20.4 Å². The van der Waals surface area contributed by atoms with E-state index in [4.69, 9.17) is 15.3 Å². The number of halogens is 1. The van der Waals surface area contributed by atoms with Crippen LogP contribution in [-0.4, -0.2) is 57.8 Å². The van der Waals surface area contributed by atoms with Crippen LogP contribution < -0.4 is 5.32 Å². The van der Waals surface area contributed by atoms with Gasteiger partial charge in [-0.1, -0.05) is 0 Å². The number of piperidine rings is 1. The van der Waals surface area contributed by atoms with Crippen molar-refractivity contribution in [3.05, 3.63) is 30.1 Å². The summed E-state index contributed by atoms with van der Waals surface area (Å²) in [7, 11) is 0. The first-order chi connectivity index (χ1) is 9.69. The molecule has 2 rings (SSSR count). The van der Waals surface area contributed by atoms with Crippen molar-refractivity contribution in [3.63, 3.8) is 0 Å². The van der Waals surface area contributed by atoms with E-state index in [2.05, 4.69) is 10.3 Å². The largest absolute Gasteiger partial charge is 0.394 e. The van der Waals surface area contributed by atoms with Gasteiger partial charge in [0.15, 0.2) is 0 Å². The lowest BCUT2D eigenvalue weighted by molar-refractivity contribution is 0.0352. The first kappa shape index (κ1) is 20.2. The van der Waals surface area contributed by atoms with E-state index >= 15 is 0 Å². The van der Waals surface area contributed by atoms with E-state index in [9.17, 15) is 5.11 Å². The van der Waals surface area contributed by atoms with E-state index in [1.165, 1.54) is 0 Å². The van der Waals surface area contributed by atoms with Crippen LogP contribution in [0, 0.1) is 5.92 Å². The second-order valence-corrected chi connectivity index (χ2v) is 4.82. The van der Waals surface area contributed by atoms with Crippen LogP contribution in [0.2, 0.25) is 0 Å². The van der Waals surface area contributed by atoms with E-state index in [1.54, 1.807) is 24.5 Å². The first-order valence-corrected chi connectivity index (χ1v) is 6.87. The molecule has 0 aromatic carbocycles. The Balaban J connectivity index is 0.000000364. The molecule has 0 spiro atoms. The zero-order chi connectivity index (χ0) is 14.8. The molecule has 2 atom stereocenters. The van der Waals surface area contributed by atoms with Crippen LogP contribution in [0.5, 0.6) is 0 Å². The monoisotopic (exact) mass is 320 g/mol. The molecule has 1 aromatic rings. The molecule has 0 saturated carbocycles. The number of aliphatic hydroxyl groups excluding tert-OH is 4. The van der Waals surface area contributed by atoms with Gasteiger partial charge in [-0.3, -0.25) is 4.98 Å². The zero-order valence-electron chi connectivity index (χ0n) is 11.9. The lowest BCUT2D eigenvalue weighted by atomic mass is 9.93. The van der Waals surface area contributed by atoms with Crippen molar-refractivity contribution in [2.24, 2.45) is 5.92 Å². The molecule has 6 nitrogen and oxygen atoms in total. The highest BCUT2D eigenvalue weighted by atomic mass is 35.5. The molecule has 1 aliphatic rings. The fourth-order valence-corrected chi connectivity index (χ4v) is 2.07. The minimum Gasteiger partial charge on any atom is -0.394 e. The Morgan fingerprint density at radius 2 is 1.67 bits per heavy atom. The van der Waals surface area contributed by atoms with E-state index in [-0.39, 0.29) is 25.6 Å². The minimum absolute atomic E-state index is 0. The topological polar surface area (TPSA) is 106 Å². The fourth-order valence-electron chi connectivity index (χ4n) is 2.07. The molecule has 0 amide bonds. The Kier molecular flexibility index (Phi) is 11.4. The predicted octanol–water partition coefficient (Wildman–Crippen LogP) is -0.132. The van der Waals surface area contributed by atoms with Gasteiger partial charge in [0, 0.05) is 12.4 Å². The number of pyridine rings is 1. The molecule has 0 radical (unpaired) electrons. The maximum Gasteiger partial charge on any atom is 0.102 e. The highest BCUT2D eigenvalue weighted by Gasteiger charge is 2.19. The van der Waals surface area contributed by atoms with Gasteiger partial charge in [-0.2, -0.15) is 0 Å². The van der Waals surface area contributed by atoms with Gasteiger partial charge in [0.1, 0.15) is 6.10 Å². The van der Waals surface area contributed by atoms with Crippen molar-refractivity contribution in [1.29, 1.82) is 0 Å². The van der Waals surface area contributed by atoms with Gasteiger partial charge >= 0.3 is 0 Å². The summed E-state index contributed by atoms with van der Waals surface area (Å²) in [4.78, 5) is 3.77. The van der Waals surface area contributed by atoms with Gasteiger partial charge < -0.3 is 25.7 Å². The van der Waals surface area contributed by atoms with Crippen molar-refractivity contribution in [2.45, 2.75) is 25.0 Å². The van der Waals surface area contributed by atoms with E-state index < -0.39 is 12.2 Å². The third kappa shape index (κ3) is 7.71. The minimum atomic E-state index is -0.775. The summed E-state index contributed by atoms with van der Waals surface area (Å²) in [6.45, 7) is 1.61. The van der Waals surface area contributed by atoms with Crippen molar-refractivity contribution in [2.75, 3.05) is 26.3 Å². The Labute approximate surface area is 131 Å². The molecule has 0 unspecified atom stereocenters. The average molecular weight is 321 g/mol. The molecule has 1 aromatic heterocycles. The van der Waals surface area contributed by atoms with Gasteiger partial charge in [-0.25, -0.2) is 0 Å². The number of hydrogen-bond donors (Lipinski definition) is 5. The molecule has 5 N–H and O–H groups in total. The lowest BCUT2D eigenvalue weighted by Gasteiger charge is -2.25. The zero-order valence-corrected chi connectivity index (χ0v) is 12.7. The molecular weight excluding hydrogens is 296 g/mol. The van der Waals surface area contributed by atoms with Crippen LogP contribution in [0.15, 0.2) is 24.5 Å². The molecule has 1 saturated heterocycles. The van der Waals surface area contributed by atoms with Crippen molar-refractivity contribution in [1.82, 2.24) is 10.3 Å². The quantitative estimate of drug-likeness (QED) is 0.529. The Hall–Kier alpha value is -0.760. The van der Waals surface area contributed by atoms with Crippen molar-refractivity contribution >= 4 is 12.4 Å². The third-order valence-corrected chi connectivity index (χ3v) is 3.38. The van der Waals surface area contributed by atoms with Gasteiger partial charge in [-0.05, 0) is 49.5 Å². The highest BCUT2D eigenvalue weighted by molar-refractivity contribution is 5.85. The number of rotatable bonds is 4. The summed E-state index contributed by atoms with van der Waals surface area (Å²) in [5, 5.41) is 38.6. The van der Waals surface area contributed by atoms with Crippen molar-refractivity contribution in [3.8, 4) is 0 Å². The molecule has 0 aliphatic carbocycles. The molecular formula is C14H25ClN2O4. The second-order valence-electron chi connectivity index (χ2n) is 4.82. The number of aromatic nitrogens is 1. The number of aliphatic hydroxyl groups is 4. The molecule has 7 heteroatoms. The molecule has 1 aliphatic heterocycles. The van der Waals surface area contributed by atoms with Crippen LogP contribution >= 0.6 is 12.4 Å². The summed E-state index contributed by atoms with van der Waals surface area (Å²) in [6.07, 6.45) is 3.86. The van der Waals surface area contributed by atoms with E-state index in [0.29, 0.717) is 11.5 Å². The summed E-state index contributed by atoms with van der Waals surface area (Å²) in [6, 6.07) is 3.34. The SMILES string of the molecule is Cl.OC[C@H](O)C1CCNCC1.OC[C@H](O)c1ccncc1. The lowest BCUT2D eigenvalue weighted by Crippen LogP contribution is -2.35. The van der Waals surface area contributed by atoms with Gasteiger partial charge in [-0.15, -0.1) is 12.4 Å². The molecule has 122 valence electrons. The summed E-state index contributed by atoms with van der Waals surface area (Å²) in [5.74, 6) is 0.311. The standard InChI is InChI=1S/C7H15NO2.C7H9NO2.ClH/c2*9-5-7(10)6-1-3-8-4-2-6;/h6-10H,1-5H2;1-4,7,9-10H,5H2;1H/t2*7-;/m00./s1. The Morgan fingerprint density at radius 1 is 1.10 bits per heavy atom. The number of nitrogens with one attached hydrogen (secondary N) is 1. The molecule has 21 heavy (non-hydrogen) atoms. The maximum absolute atomic E-state index is 9.20. The van der Waals surface area contributed by atoms with Crippen LogP contribution in [-0.2, 0) is 0 Å². The Bertz CT molecular complexity index is 350. The second kappa shape index (κ2) is 11.9. The summed E-state index contributed by atoms with van der Waals surface area (Å²) in [5.41, 5.74) is 0.692. The first-order valence-electron chi connectivity index (χ1n) is 6.87. The van der Waals surface area contributed by atoms with Crippen LogP contribution in [0.3, 0.4) is 0 Å². The fraction of sp³-hybridized carbons (Fsp3) is 0.643. The molecule has 2 heterocycles. The van der Waals surface area contributed by atoms with Crippen LogP contribution in [0.1, 0.15) is 24.5 Å². The smallest absolute Gasteiger partial charge is 0.102 e. The van der Waals surface area contributed by atoms with Crippen LogP contribution in [0.4, 0.5) is 0 Å². The van der Waals surface area contributed by atoms with Gasteiger partial charge in [0.2, 0.25) is 0 Å². The van der Waals surface area contributed by atoms with E-state index in [1.807, 2.05) is 0 Å². The maximum atomic E-state index is 9.20. The summed E-state index contributed by atoms with van der Waals surface area (Å²) >= 11 is 0. The van der Waals surface area contributed by atoms with E-state index in [0.717, 1.165) is 25.9 Å². The number of hydrogen-bond acceptors (Lipinski definition) is 6. The van der Waals surface area contributed by atoms with Gasteiger partial charge in [0.05, 0.1) is 19.3 Å². The average Bonchev–Trinajstić information content (AvgIpc) is 2.55. The Morgan fingerprint density at radius 3 is 2.14 bits per heavy atom. The summed E-state index contributed by atoms with van der Waals surface area (Å²) < 4.78 is 0. The third-order valence-electron chi connectivity index (χ3n) is 3.38. The number of nitrogens with zero attached hydrogens (tertiary/aromatic N) is 1. The predicted molar refractivity (Wildman–Crippen MR) is 82.2 cm³/mol.